The van der Waals surface area contributed by atoms with Crippen molar-refractivity contribution < 1.29 is 19.2 Å². The second-order valence-corrected chi connectivity index (χ2v) is 11.5. The average Bonchev–Trinajstić information content (AvgIpc) is 3.34. The van der Waals surface area contributed by atoms with Crippen molar-refractivity contribution in [2.45, 2.75) is 59.1 Å². The number of benzene rings is 2. The summed E-state index contributed by atoms with van der Waals surface area (Å²) in [4.78, 5) is 22.1. The Kier molecular flexibility index (Phi) is 7.19. The third kappa shape index (κ3) is 6.22. The Labute approximate surface area is 233 Å². The molecule has 2 aromatic carbocycles. The van der Waals surface area contributed by atoms with E-state index in [9.17, 15) is 9.90 Å². The molecule has 8 nitrogen and oxygen atoms in total. The first kappa shape index (κ1) is 27.1. The maximum absolute atomic E-state index is 13.3. The van der Waals surface area contributed by atoms with Crippen LogP contribution in [0.1, 0.15) is 67.9 Å². The molecule has 2 atom stereocenters. The number of aryl methyl sites for hydroxylation is 1. The molecule has 0 fully saturated rings. The van der Waals surface area contributed by atoms with Crippen LogP contribution in [-0.2, 0) is 6.42 Å². The summed E-state index contributed by atoms with van der Waals surface area (Å²) >= 11 is 0. The van der Waals surface area contributed by atoms with Gasteiger partial charge in [-0.2, -0.15) is 4.98 Å². The second-order valence-electron chi connectivity index (χ2n) is 11.5. The average molecular weight is 539 g/mol. The van der Waals surface area contributed by atoms with Crippen LogP contribution in [0.15, 0.2) is 83.1 Å². The van der Waals surface area contributed by atoms with E-state index in [0.29, 0.717) is 18.1 Å². The number of pyridine rings is 1. The van der Waals surface area contributed by atoms with Gasteiger partial charge >= 0.3 is 0 Å². The molecule has 0 saturated carbocycles. The number of allylic oxidation sites excluding steroid dienone is 2. The van der Waals surface area contributed by atoms with Crippen molar-refractivity contribution in [3.05, 3.63) is 102 Å². The zero-order chi connectivity index (χ0) is 28.5. The first-order valence-corrected chi connectivity index (χ1v) is 13.4. The summed E-state index contributed by atoms with van der Waals surface area (Å²) in [7, 11) is 0. The molecule has 206 valence electrons. The van der Waals surface area contributed by atoms with E-state index in [2.05, 4.69) is 66.4 Å². The van der Waals surface area contributed by atoms with Crippen molar-refractivity contribution in [1.29, 1.82) is 0 Å². The van der Waals surface area contributed by atoms with Crippen LogP contribution in [0.5, 0.6) is 11.5 Å². The van der Waals surface area contributed by atoms with Crippen LogP contribution in [-0.4, -0.2) is 31.7 Å². The Morgan fingerprint density at radius 3 is 2.58 bits per heavy atom. The van der Waals surface area contributed by atoms with Crippen LogP contribution in [0, 0.1) is 12.3 Å². The predicted octanol–water partition coefficient (Wildman–Crippen LogP) is 6.42. The number of phenols is 1. The molecule has 1 aliphatic carbocycles. The number of aromatic hydroxyl groups is 1. The van der Waals surface area contributed by atoms with Gasteiger partial charge < -0.3 is 19.7 Å². The number of aromatic nitrogens is 3. The zero-order valence-electron chi connectivity index (χ0n) is 23.4. The van der Waals surface area contributed by atoms with Crippen LogP contribution >= 0.6 is 0 Å². The third-order valence-corrected chi connectivity index (χ3v) is 7.01. The van der Waals surface area contributed by atoms with Gasteiger partial charge in [-0.1, -0.05) is 50.2 Å². The molecule has 1 amide bonds. The molecule has 4 aromatic rings. The van der Waals surface area contributed by atoms with Crippen LogP contribution in [0.25, 0.3) is 10.8 Å². The Bertz CT molecular complexity index is 1600. The quantitative estimate of drug-likeness (QED) is 0.279. The molecule has 0 saturated heterocycles. The predicted molar refractivity (Wildman–Crippen MR) is 153 cm³/mol. The highest BCUT2D eigenvalue weighted by Gasteiger charge is 2.28. The monoisotopic (exact) mass is 538 g/mol. The van der Waals surface area contributed by atoms with Crippen molar-refractivity contribution in [3.63, 3.8) is 0 Å². The molecular weight excluding hydrogens is 504 g/mol. The maximum Gasteiger partial charge on any atom is 0.270 e. The van der Waals surface area contributed by atoms with Crippen molar-refractivity contribution in [3.8, 4) is 11.5 Å². The minimum absolute atomic E-state index is 0.0934. The summed E-state index contributed by atoms with van der Waals surface area (Å²) in [5, 5.41) is 18.2. The van der Waals surface area contributed by atoms with Gasteiger partial charge in [0.15, 0.2) is 5.82 Å². The van der Waals surface area contributed by atoms with Gasteiger partial charge in [0.2, 0.25) is 5.89 Å². The highest BCUT2D eigenvalue weighted by Crippen LogP contribution is 2.35. The van der Waals surface area contributed by atoms with Crippen molar-refractivity contribution in [1.82, 2.24) is 20.4 Å². The highest BCUT2D eigenvalue weighted by atomic mass is 16.5. The summed E-state index contributed by atoms with van der Waals surface area (Å²) in [5.74, 6) is 1.29. The van der Waals surface area contributed by atoms with Crippen LogP contribution in [0.3, 0.4) is 0 Å². The van der Waals surface area contributed by atoms with Gasteiger partial charge in [0.1, 0.15) is 28.8 Å². The SMILES string of the molecule is Cc1noc([C@H](Cc2ccc(O)cc2)NC(=O)c2cc3cc(OC4(C)C=CC(C(C)(C)C)=CC4)ccc3cn2)n1. The van der Waals surface area contributed by atoms with Crippen LogP contribution < -0.4 is 10.1 Å². The van der Waals surface area contributed by atoms with Gasteiger partial charge in [0, 0.05) is 24.4 Å². The number of nitrogens with one attached hydrogen (secondary N) is 1. The van der Waals surface area contributed by atoms with E-state index < -0.39 is 11.6 Å². The molecule has 0 radical (unpaired) electrons. The van der Waals surface area contributed by atoms with E-state index in [1.165, 1.54) is 5.57 Å². The molecule has 0 spiro atoms. The molecule has 2 heterocycles. The number of amides is 1. The van der Waals surface area contributed by atoms with Gasteiger partial charge in [-0.3, -0.25) is 9.78 Å². The van der Waals surface area contributed by atoms with E-state index in [-0.39, 0.29) is 22.8 Å². The third-order valence-electron chi connectivity index (χ3n) is 7.01. The van der Waals surface area contributed by atoms with Gasteiger partial charge in [-0.25, -0.2) is 0 Å². The van der Waals surface area contributed by atoms with Crippen LogP contribution in [0.4, 0.5) is 0 Å². The number of hydrogen-bond donors (Lipinski definition) is 2. The molecule has 2 N–H and O–H groups in total. The van der Waals surface area contributed by atoms with Crippen molar-refractivity contribution in [2.24, 2.45) is 5.41 Å². The number of carbonyl (C=O) groups is 1. The lowest BCUT2D eigenvalue weighted by molar-refractivity contribution is 0.0923. The number of fused-ring (bicyclic) bond motifs is 1. The lowest BCUT2D eigenvalue weighted by atomic mass is 9.81. The topological polar surface area (TPSA) is 110 Å². The van der Waals surface area contributed by atoms with Gasteiger partial charge in [0.05, 0.1) is 0 Å². The van der Waals surface area contributed by atoms with Crippen molar-refractivity contribution in [2.75, 3.05) is 0 Å². The van der Waals surface area contributed by atoms with E-state index in [1.54, 1.807) is 43.5 Å². The smallest absolute Gasteiger partial charge is 0.270 e. The lowest BCUT2D eigenvalue weighted by Crippen LogP contribution is -2.31. The number of hydrogen-bond acceptors (Lipinski definition) is 7. The molecule has 2 aromatic heterocycles. The van der Waals surface area contributed by atoms with Crippen molar-refractivity contribution >= 4 is 16.7 Å². The van der Waals surface area contributed by atoms with Gasteiger partial charge in [0.25, 0.3) is 5.91 Å². The minimum atomic E-state index is -0.575. The minimum Gasteiger partial charge on any atom is -0.508 e. The fraction of sp³-hybridized carbons (Fsp3) is 0.312. The van der Waals surface area contributed by atoms with E-state index in [1.807, 2.05) is 18.2 Å². The standard InChI is InChI=1S/C32H34N4O4/c1-20-34-30(40-36-20)28(16-21-6-9-25(37)10-7-21)35-29(38)27-18-23-17-26(11-8-22(23)19-33-27)39-32(5)14-12-24(13-15-32)31(2,3)4/h6-14,17-19,28,37H,15-16H2,1-5H3,(H,35,38)/t28-,32?/m0/s1. The Hall–Kier alpha value is -4.46. The van der Waals surface area contributed by atoms with Gasteiger partial charge in [-0.05, 0) is 78.3 Å². The lowest BCUT2D eigenvalue weighted by Gasteiger charge is -2.32. The number of rotatable bonds is 7. The first-order valence-electron chi connectivity index (χ1n) is 13.4. The second kappa shape index (κ2) is 10.6. The summed E-state index contributed by atoms with van der Waals surface area (Å²) in [6.07, 6.45) is 9.37. The normalized spacial score (nSPS) is 17.9. The summed E-state index contributed by atoms with van der Waals surface area (Å²) in [6, 6.07) is 13.8. The summed E-state index contributed by atoms with van der Waals surface area (Å²) in [6.45, 7) is 10.4. The summed E-state index contributed by atoms with van der Waals surface area (Å²) < 4.78 is 11.8. The van der Waals surface area contributed by atoms with Crippen LogP contribution in [0.2, 0.25) is 0 Å². The van der Waals surface area contributed by atoms with E-state index in [0.717, 1.165) is 28.5 Å². The molecule has 1 aliphatic rings. The Morgan fingerprint density at radius 2 is 1.93 bits per heavy atom. The Morgan fingerprint density at radius 1 is 1.15 bits per heavy atom. The Balaban J connectivity index is 1.35. The molecule has 0 aliphatic heterocycles. The fourth-order valence-electron chi connectivity index (χ4n) is 4.68. The highest BCUT2D eigenvalue weighted by molar-refractivity contribution is 5.96. The number of carbonyl (C=O) groups excluding carboxylic acids is 1. The molecule has 8 heteroatoms. The van der Waals surface area contributed by atoms with Gasteiger partial charge in [-0.15, -0.1) is 0 Å². The van der Waals surface area contributed by atoms with E-state index in [4.69, 9.17) is 9.26 Å². The maximum atomic E-state index is 13.3. The van der Waals surface area contributed by atoms with E-state index >= 15 is 0 Å². The molecule has 5 rings (SSSR count). The largest absolute Gasteiger partial charge is 0.508 e. The number of phenolic OH excluding ortho intramolecular Hbond substituents is 1. The molecule has 0 bridgehead atoms. The fourth-order valence-corrected chi connectivity index (χ4v) is 4.68. The molecular formula is C32H34N4O4. The molecule has 40 heavy (non-hydrogen) atoms. The number of nitrogens with zero attached hydrogens (tertiary/aromatic N) is 3. The zero-order valence-corrected chi connectivity index (χ0v) is 23.4. The first-order chi connectivity index (χ1) is 19.0. The summed E-state index contributed by atoms with van der Waals surface area (Å²) in [5.41, 5.74) is 2.09. The number of ether oxygens (including phenoxy) is 1. The molecule has 1 unspecified atom stereocenters.